The lowest BCUT2D eigenvalue weighted by molar-refractivity contribution is 0.164. The van der Waals surface area contributed by atoms with E-state index in [1.807, 2.05) is 42.5 Å². The molecule has 0 bridgehead atoms. The van der Waals surface area contributed by atoms with Gasteiger partial charge in [0, 0.05) is 6.42 Å². The number of hydrogen-bond donors (Lipinski definition) is 0. The summed E-state index contributed by atoms with van der Waals surface area (Å²) in [5.74, 6) is 0. The topological polar surface area (TPSA) is 38.8 Å². The van der Waals surface area contributed by atoms with E-state index in [0.717, 1.165) is 5.56 Å². The first-order chi connectivity index (χ1) is 11.3. The lowest BCUT2D eigenvalue weighted by Gasteiger charge is -2.22. The van der Waals surface area contributed by atoms with Crippen LogP contribution in [0, 0.1) is 0 Å². The maximum atomic E-state index is 12.1. The summed E-state index contributed by atoms with van der Waals surface area (Å²) >= 11 is 0. The molecule has 0 unspecified atom stereocenters. The second-order valence-corrected chi connectivity index (χ2v) is 5.00. The van der Waals surface area contributed by atoms with E-state index in [4.69, 9.17) is 9.47 Å². The van der Waals surface area contributed by atoms with Crippen molar-refractivity contribution in [2.24, 2.45) is 0 Å². The van der Waals surface area contributed by atoms with Gasteiger partial charge in [-0.25, -0.2) is 4.79 Å². The van der Waals surface area contributed by atoms with Crippen LogP contribution in [0.2, 0.25) is 0 Å². The van der Waals surface area contributed by atoms with Crippen molar-refractivity contribution in [3.8, 4) is 0 Å². The molecule has 1 saturated heterocycles. The molecule has 1 fully saturated rings. The molecule has 1 aromatic rings. The van der Waals surface area contributed by atoms with Gasteiger partial charge in [0.05, 0.1) is 25.0 Å². The van der Waals surface area contributed by atoms with E-state index >= 15 is 0 Å². The molecule has 120 valence electrons. The van der Waals surface area contributed by atoms with Gasteiger partial charge in [0.2, 0.25) is 0 Å². The SMILES string of the molecule is C=C=C(C/C=C/COCC=C)N1C(=O)OC[C@H]1c1ccccc1. The fourth-order valence-electron chi connectivity index (χ4n) is 2.38. The highest BCUT2D eigenvalue weighted by atomic mass is 16.6. The Morgan fingerprint density at radius 2 is 2.13 bits per heavy atom. The third kappa shape index (κ3) is 4.46. The van der Waals surface area contributed by atoms with Crippen LogP contribution in [0.15, 0.2) is 73.1 Å². The third-order valence-corrected chi connectivity index (χ3v) is 3.48. The summed E-state index contributed by atoms with van der Waals surface area (Å²) in [4.78, 5) is 13.7. The Morgan fingerprint density at radius 1 is 1.35 bits per heavy atom. The van der Waals surface area contributed by atoms with Gasteiger partial charge >= 0.3 is 6.09 Å². The van der Waals surface area contributed by atoms with Crippen LogP contribution in [-0.2, 0) is 9.47 Å². The number of hydrogen-bond acceptors (Lipinski definition) is 3. The van der Waals surface area contributed by atoms with Gasteiger partial charge in [0.1, 0.15) is 6.61 Å². The van der Waals surface area contributed by atoms with Gasteiger partial charge in [0.25, 0.3) is 0 Å². The minimum absolute atomic E-state index is 0.140. The minimum Gasteiger partial charge on any atom is -0.447 e. The third-order valence-electron chi connectivity index (χ3n) is 3.48. The monoisotopic (exact) mass is 311 g/mol. The Bertz CT molecular complexity index is 615. The van der Waals surface area contributed by atoms with E-state index in [1.54, 1.807) is 11.0 Å². The number of nitrogens with zero attached hydrogens (tertiary/aromatic N) is 1. The summed E-state index contributed by atoms with van der Waals surface area (Å²) in [6.07, 6.45) is 5.72. The van der Waals surface area contributed by atoms with E-state index in [1.165, 1.54) is 0 Å². The Kier molecular flexibility index (Phi) is 6.42. The second-order valence-electron chi connectivity index (χ2n) is 5.00. The molecular formula is C19H21NO3. The zero-order chi connectivity index (χ0) is 16.5. The van der Waals surface area contributed by atoms with Crippen LogP contribution in [0.3, 0.4) is 0 Å². The number of amides is 1. The van der Waals surface area contributed by atoms with Gasteiger partial charge in [-0.3, -0.25) is 4.90 Å². The van der Waals surface area contributed by atoms with Crippen molar-refractivity contribution in [2.75, 3.05) is 19.8 Å². The first kappa shape index (κ1) is 16.8. The predicted molar refractivity (Wildman–Crippen MR) is 89.8 cm³/mol. The summed E-state index contributed by atoms with van der Waals surface area (Å²) in [6, 6.07) is 9.67. The maximum Gasteiger partial charge on any atom is 0.415 e. The van der Waals surface area contributed by atoms with E-state index < -0.39 is 0 Å². The molecule has 1 heterocycles. The summed E-state index contributed by atoms with van der Waals surface area (Å²) in [5.41, 5.74) is 4.59. The zero-order valence-electron chi connectivity index (χ0n) is 13.1. The fraction of sp³-hybridized carbons (Fsp3) is 0.263. The maximum absolute atomic E-state index is 12.1. The van der Waals surface area contributed by atoms with Crippen molar-refractivity contribution >= 4 is 6.09 Å². The molecule has 0 saturated carbocycles. The van der Waals surface area contributed by atoms with Gasteiger partial charge < -0.3 is 9.47 Å². The van der Waals surface area contributed by atoms with Crippen LogP contribution >= 0.6 is 0 Å². The molecule has 0 N–H and O–H groups in total. The molecule has 23 heavy (non-hydrogen) atoms. The van der Waals surface area contributed by atoms with Crippen molar-refractivity contribution < 1.29 is 14.3 Å². The highest BCUT2D eigenvalue weighted by Crippen LogP contribution is 2.31. The lowest BCUT2D eigenvalue weighted by atomic mass is 10.1. The van der Waals surface area contributed by atoms with E-state index in [-0.39, 0.29) is 12.1 Å². The predicted octanol–water partition coefficient (Wildman–Crippen LogP) is 4.00. The largest absolute Gasteiger partial charge is 0.447 e. The Morgan fingerprint density at radius 3 is 2.83 bits per heavy atom. The normalized spacial score (nSPS) is 17.1. The second kappa shape index (κ2) is 8.79. The van der Waals surface area contributed by atoms with Gasteiger partial charge in [-0.05, 0) is 5.56 Å². The Labute approximate surface area is 137 Å². The average Bonchev–Trinajstić information content (AvgIpc) is 2.97. The zero-order valence-corrected chi connectivity index (χ0v) is 13.1. The van der Waals surface area contributed by atoms with Crippen molar-refractivity contribution in [1.82, 2.24) is 4.90 Å². The molecule has 4 nitrogen and oxygen atoms in total. The van der Waals surface area contributed by atoms with Gasteiger partial charge in [-0.15, -0.1) is 12.3 Å². The Balaban J connectivity index is 2.04. The standard InChI is InChI=1S/C19H21NO3/c1-3-13-22-14-9-8-12-17(4-2)20-18(15-23-19(20)21)16-10-6-5-7-11-16/h3,5-11,18H,1-2,12-15H2/b9-8+/t18-/m0/s1. The molecule has 1 aromatic carbocycles. The van der Waals surface area contributed by atoms with Crippen molar-refractivity contribution in [3.05, 3.63) is 78.7 Å². The number of rotatable bonds is 8. The molecule has 4 heteroatoms. The van der Waals surface area contributed by atoms with Crippen LogP contribution in [0.1, 0.15) is 18.0 Å². The molecule has 1 aliphatic heterocycles. The Hall–Kier alpha value is -2.55. The van der Waals surface area contributed by atoms with Gasteiger partial charge in [-0.1, -0.05) is 55.1 Å². The quantitative estimate of drug-likeness (QED) is 0.414. The molecule has 0 aliphatic carbocycles. The van der Waals surface area contributed by atoms with Gasteiger partial charge in [0.15, 0.2) is 0 Å². The summed E-state index contributed by atoms with van der Waals surface area (Å²) in [5, 5.41) is 0. The number of allylic oxidation sites excluding steroid dienone is 1. The van der Waals surface area contributed by atoms with Crippen molar-refractivity contribution in [2.45, 2.75) is 12.5 Å². The number of cyclic esters (lactones) is 1. The highest BCUT2D eigenvalue weighted by Gasteiger charge is 2.36. The van der Waals surface area contributed by atoms with Crippen LogP contribution in [0.25, 0.3) is 0 Å². The van der Waals surface area contributed by atoms with E-state index in [2.05, 4.69) is 18.9 Å². The first-order valence-electron chi connectivity index (χ1n) is 7.51. The molecule has 1 amide bonds. The average molecular weight is 311 g/mol. The molecule has 2 rings (SSSR count). The number of carbonyl (C=O) groups is 1. The van der Waals surface area contributed by atoms with Crippen LogP contribution < -0.4 is 0 Å². The molecule has 0 radical (unpaired) electrons. The summed E-state index contributed by atoms with van der Waals surface area (Å²) < 4.78 is 10.5. The molecule has 0 spiro atoms. The lowest BCUT2D eigenvalue weighted by Crippen LogP contribution is -2.26. The van der Waals surface area contributed by atoms with E-state index in [9.17, 15) is 4.79 Å². The molecule has 1 atom stereocenters. The molecule has 0 aromatic heterocycles. The van der Waals surface area contributed by atoms with Crippen LogP contribution in [0.5, 0.6) is 0 Å². The first-order valence-corrected chi connectivity index (χ1v) is 7.51. The summed E-state index contributed by atoms with van der Waals surface area (Å²) in [7, 11) is 0. The van der Waals surface area contributed by atoms with Crippen LogP contribution in [0.4, 0.5) is 4.79 Å². The number of ether oxygens (including phenoxy) is 2. The number of benzene rings is 1. The van der Waals surface area contributed by atoms with Gasteiger partial charge in [-0.2, -0.15) is 0 Å². The summed E-state index contributed by atoms with van der Waals surface area (Å²) in [6.45, 7) is 8.65. The van der Waals surface area contributed by atoms with Crippen LogP contribution in [-0.4, -0.2) is 30.8 Å². The van der Waals surface area contributed by atoms with Crippen molar-refractivity contribution in [3.63, 3.8) is 0 Å². The van der Waals surface area contributed by atoms with Crippen molar-refractivity contribution in [1.29, 1.82) is 0 Å². The smallest absolute Gasteiger partial charge is 0.415 e. The highest BCUT2D eigenvalue weighted by molar-refractivity contribution is 5.73. The van der Waals surface area contributed by atoms with E-state index in [0.29, 0.717) is 31.9 Å². The minimum atomic E-state index is -0.360. The fourth-order valence-corrected chi connectivity index (χ4v) is 2.38. The molecular weight excluding hydrogens is 290 g/mol. The molecule has 1 aliphatic rings. The number of carbonyl (C=O) groups excluding carboxylic acids is 1.